The van der Waals surface area contributed by atoms with Crippen molar-refractivity contribution in [3.05, 3.63) is 77.7 Å². The third-order valence-corrected chi connectivity index (χ3v) is 5.08. The van der Waals surface area contributed by atoms with Gasteiger partial charge in [-0.15, -0.1) is 0 Å². The van der Waals surface area contributed by atoms with Crippen molar-refractivity contribution in [2.24, 2.45) is 0 Å². The number of pyridine rings is 2. The molecule has 4 rings (SSSR count). The van der Waals surface area contributed by atoms with Crippen molar-refractivity contribution >= 4 is 23.1 Å². The first-order valence-corrected chi connectivity index (χ1v) is 9.84. The maximum absolute atomic E-state index is 12.7. The number of benzene rings is 1. The predicted molar refractivity (Wildman–Crippen MR) is 117 cm³/mol. The highest BCUT2D eigenvalue weighted by molar-refractivity contribution is 6.04. The van der Waals surface area contributed by atoms with Crippen molar-refractivity contribution in [3.8, 4) is 0 Å². The first-order chi connectivity index (χ1) is 14.1. The second kappa shape index (κ2) is 8.31. The average molecular weight is 387 g/mol. The Balaban J connectivity index is 1.43. The number of hydrogen-bond donors (Lipinski definition) is 1. The van der Waals surface area contributed by atoms with E-state index < -0.39 is 0 Å². The second-order valence-electron chi connectivity index (χ2n) is 7.42. The standard InChI is InChI=1S/C23H25N5O/c1-17-11-18(2)13-20(12-17)26-23(29)19-14-21(16-24-15-19)27-7-9-28(10-8-27)22-5-3-4-6-25-22/h3-6,11-16H,7-10H2,1-2H3,(H,26,29). The number of aryl methyl sites for hydroxylation is 2. The molecule has 1 fully saturated rings. The van der Waals surface area contributed by atoms with Crippen LogP contribution in [0.15, 0.2) is 61.1 Å². The Morgan fingerprint density at radius 1 is 0.931 bits per heavy atom. The maximum atomic E-state index is 12.7. The van der Waals surface area contributed by atoms with Crippen LogP contribution >= 0.6 is 0 Å². The molecular weight excluding hydrogens is 362 g/mol. The van der Waals surface area contributed by atoms with Gasteiger partial charge in [-0.05, 0) is 55.3 Å². The summed E-state index contributed by atoms with van der Waals surface area (Å²) in [5.41, 5.74) is 4.59. The molecule has 1 aromatic carbocycles. The summed E-state index contributed by atoms with van der Waals surface area (Å²) >= 11 is 0. The van der Waals surface area contributed by atoms with Crippen LogP contribution in [0.1, 0.15) is 21.5 Å². The summed E-state index contributed by atoms with van der Waals surface area (Å²) in [6.07, 6.45) is 5.26. The van der Waals surface area contributed by atoms with E-state index in [1.165, 1.54) is 0 Å². The predicted octanol–water partition coefficient (Wildman–Crippen LogP) is 3.67. The molecule has 6 heteroatoms. The summed E-state index contributed by atoms with van der Waals surface area (Å²) < 4.78 is 0. The molecule has 0 spiro atoms. The van der Waals surface area contributed by atoms with Crippen molar-refractivity contribution in [1.29, 1.82) is 0 Å². The fourth-order valence-corrected chi connectivity index (χ4v) is 3.71. The molecule has 0 radical (unpaired) electrons. The summed E-state index contributed by atoms with van der Waals surface area (Å²) in [4.78, 5) is 26.0. The number of rotatable bonds is 4. The van der Waals surface area contributed by atoms with Gasteiger partial charge in [-0.25, -0.2) is 4.98 Å². The van der Waals surface area contributed by atoms with Crippen LogP contribution < -0.4 is 15.1 Å². The van der Waals surface area contributed by atoms with Gasteiger partial charge in [-0.2, -0.15) is 0 Å². The van der Waals surface area contributed by atoms with Crippen LogP contribution in [0.4, 0.5) is 17.2 Å². The third kappa shape index (κ3) is 4.54. The molecule has 1 N–H and O–H groups in total. The molecule has 0 bridgehead atoms. The zero-order chi connectivity index (χ0) is 20.2. The Morgan fingerprint density at radius 3 is 2.34 bits per heavy atom. The lowest BCUT2D eigenvalue weighted by Gasteiger charge is -2.36. The fourth-order valence-electron chi connectivity index (χ4n) is 3.71. The molecule has 1 aliphatic rings. The molecule has 0 saturated carbocycles. The lowest BCUT2D eigenvalue weighted by molar-refractivity contribution is 0.102. The molecule has 0 atom stereocenters. The summed E-state index contributed by atoms with van der Waals surface area (Å²) in [6, 6.07) is 13.9. The van der Waals surface area contributed by atoms with E-state index in [0.717, 1.165) is 54.5 Å². The van der Waals surface area contributed by atoms with E-state index in [-0.39, 0.29) is 5.91 Å². The Bertz CT molecular complexity index is 977. The Labute approximate surface area is 171 Å². The maximum Gasteiger partial charge on any atom is 0.257 e. The van der Waals surface area contributed by atoms with Gasteiger partial charge in [-0.3, -0.25) is 9.78 Å². The lowest BCUT2D eigenvalue weighted by Crippen LogP contribution is -2.46. The molecule has 3 heterocycles. The van der Waals surface area contributed by atoms with Gasteiger partial charge in [0.2, 0.25) is 0 Å². The van der Waals surface area contributed by atoms with E-state index in [2.05, 4.69) is 31.2 Å². The van der Waals surface area contributed by atoms with E-state index >= 15 is 0 Å². The Hall–Kier alpha value is -3.41. The molecule has 2 aromatic heterocycles. The number of hydrogen-bond acceptors (Lipinski definition) is 5. The number of aromatic nitrogens is 2. The van der Waals surface area contributed by atoms with Crippen molar-refractivity contribution in [2.75, 3.05) is 41.3 Å². The number of carbonyl (C=O) groups excluding carboxylic acids is 1. The number of nitrogens with one attached hydrogen (secondary N) is 1. The molecule has 1 aliphatic heterocycles. The molecular formula is C23H25N5O. The number of anilines is 3. The largest absolute Gasteiger partial charge is 0.367 e. The Morgan fingerprint density at radius 2 is 1.66 bits per heavy atom. The number of piperazine rings is 1. The van der Waals surface area contributed by atoms with E-state index in [4.69, 9.17) is 0 Å². The average Bonchev–Trinajstić information content (AvgIpc) is 2.74. The molecule has 6 nitrogen and oxygen atoms in total. The third-order valence-electron chi connectivity index (χ3n) is 5.08. The summed E-state index contributed by atoms with van der Waals surface area (Å²) in [5.74, 6) is 0.864. The van der Waals surface area contributed by atoms with Crippen LogP contribution in [0.25, 0.3) is 0 Å². The van der Waals surface area contributed by atoms with E-state index in [9.17, 15) is 4.79 Å². The van der Waals surface area contributed by atoms with Gasteiger partial charge in [0, 0.05) is 44.3 Å². The van der Waals surface area contributed by atoms with Gasteiger partial charge in [0.15, 0.2) is 0 Å². The van der Waals surface area contributed by atoms with Crippen molar-refractivity contribution in [2.45, 2.75) is 13.8 Å². The number of nitrogens with zero attached hydrogens (tertiary/aromatic N) is 4. The van der Waals surface area contributed by atoms with Crippen LogP contribution in [0, 0.1) is 13.8 Å². The summed E-state index contributed by atoms with van der Waals surface area (Å²) in [7, 11) is 0. The molecule has 1 amide bonds. The van der Waals surface area contributed by atoms with Crippen molar-refractivity contribution < 1.29 is 4.79 Å². The highest BCUT2D eigenvalue weighted by Gasteiger charge is 2.19. The van der Waals surface area contributed by atoms with E-state index in [0.29, 0.717) is 5.56 Å². The second-order valence-corrected chi connectivity index (χ2v) is 7.42. The topological polar surface area (TPSA) is 61.4 Å². The zero-order valence-corrected chi connectivity index (χ0v) is 16.8. The van der Waals surface area contributed by atoms with Crippen LogP contribution in [0.3, 0.4) is 0 Å². The summed E-state index contributed by atoms with van der Waals surface area (Å²) in [5, 5.41) is 2.98. The summed E-state index contributed by atoms with van der Waals surface area (Å²) in [6.45, 7) is 7.54. The first-order valence-electron chi connectivity index (χ1n) is 9.84. The van der Waals surface area contributed by atoms with Gasteiger partial charge in [0.25, 0.3) is 5.91 Å². The van der Waals surface area contributed by atoms with E-state index in [1.54, 1.807) is 6.20 Å². The minimum atomic E-state index is -0.142. The fraction of sp³-hybridized carbons (Fsp3) is 0.261. The minimum absolute atomic E-state index is 0.142. The lowest BCUT2D eigenvalue weighted by atomic mass is 10.1. The zero-order valence-electron chi connectivity index (χ0n) is 16.8. The van der Waals surface area contributed by atoms with Gasteiger partial charge >= 0.3 is 0 Å². The minimum Gasteiger partial charge on any atom is -0.367 e. The van der Waals surface area contributed by atoms with Gasteiger partial charge in [-0.1, -0.05) is 12.1 Å². The quantitative estimate of drug-likeness (QED) is 0.740. The van der Waals surface area contributed by atoms with Crippen molar-refractivity contribution in [1.82, 2.24) is 9.97 Å². The van der Waals surface area contributed by atoms with Gasteiger partial charge in [0.05, 0.1) is 17.4 Å². The molecule has 148 valence electrons. The van der Waals surface area contributed by atoms with Crippen LogP contribution in [0.2, 0.25) is 0 Å². The smallest absolute Gasteiger partial charge is 0.257 e. The monoisotopic (exact) mass is 387 g/mol. The number of amides is 1. The SMILES string of the molecule is Cc1cc(C)cc(NC(=O)c2cncc(N3CCN(c4ccccn4)CC3)c2)c1. The van der Waals surface area contributed by atoms with Crippen LogP contribution in [-0.2, 0) is 0 Å². The molecule has 3 aromatic rings. The van der Waals surface area contributed by atoms with Crippen LogP contribution in [-0.4, -0.2) is 42.1 Å². The van der Waals surface area contributed by atoms with Gasteiger partial charge in [0.1, 0.15) is 5.82 Å². The number of carbonyl (C=O) groups is 1. The highest BCUT2D eigenvalue weighted by Crippen LogP contribution is 2.20. The first kappa shape index (κ1) is 18.9. The van der Waals surface area contributed by atoms with E-state index in [1.807, 2.05) is 62.6 Å². The molecule has 0 aliphatic carbocycles. The normalized spacial score (nSPS) is 14.0. The molecule has 0 unspecified atom stereocenters. The van der Waals surface area contributed by atoms with Crippen LogP contribution in [0.5, 0.6) is 0 Å². The van der Waals surface area contributed by atoms with Gasteiger partial charge < -0.3 is 15.1 Å². The highest BCUT2D eigenvalue weighted by atomic mass is 16.1. The molecule has 29 heavy (non-hydrogen) atoms. The molecule has 1 saturated heterocycles. The Kier molecular flexibility index (Phi) is 5.42. The van der Waals surface area contributed by atoms with Crippen molar-refractivity contribution in [3.63, 3.8) is 0 Å².